The van der Waals surface area contributed by atoms with E-state index in [4.69, 9.17) is 9.31 Å². The van der Waals surface area contributed by atoms with Crippen molar-refractivity contribution in [2.75, 3.05) is 0 Å². The second-order valence-electron chi connectivity index (χ2n) is 15.7. The van der Waals surface area contributed by atoms with E-state index in [-0.39, 0.29) is 21.1 Å². The van der Waals surface area contributed by atoms with Crippen LogP contribution in [-0.4, -0.2) is 28.2 Å². The molecule has 0 amide bonds. The molecule has 7 aromatic rings. The van der Waals surface area contributed by atoms with Gasteiger partial charge in [0.25, 0.3) is 0 Å². The first-order chi connectivity index (χ1) is 28.2. The van der Waals surface area contributed by atoms with Crippen molar-refractivity contribution in [1.29, 1.82) is 0 Å². The maximum atomic E-state index is 7.66. The number of hydrogen-bond acceptors (Lipinski definition) is 10. The third kappa shape index (κ3) is 3.53. The van der Waals surface area contributed by atoms with E-state index < -0.39 is 7.12 Å². The van der Waals surface area contributed by atoms with Gasteiger partial charge in [-0.25, -0.2) is 0 Å². The van der Waals surface area contributed by atoms with Crippen LogP contribution < -0.4 is 36.6 Å². The highest BCUT2D eigenvalue weighted by Crippen LogP contribution is 2.65. The van der Waals surface area contributed by atoms with Gasteiger partial charge in [-0.05, 0) is 86.6 Å². The largest absolute Gasteiger partial charge is 0.634 e. The average molecular weight is 862 g/mol. The summed E-state index contributed by atoms with van der Waals surface area (Å²) in [5.74, 6) is 2.07. The Bertz CT molecular complexity index is 3080. The molecule has 0 radical (unpaired) electrons. The highest BCUT2D eigenvalue weighted by Gasteiger charge is 2.57. The Morgan fingerprint density at radius 1 is 0.298 bits per heavy atom. The van der Waals surface area contributed by atoms with Gasteiger partial charge < -0.3 is 9.31 Å². The van der Waals surface area contributed by atoms with E-state index in [9.17, 15) is 0 Å². The summed E-state index contributed by atoms with van der Waals surface area (Å²) in [5, 5.41) is 1.02. The Morgan fingerprint density at radius 3 is 1.12 bits per heavy atom. The van der Waals surface area contributed by atoms with Gasteiger partial charge in [-0.15, -0.1) is 0 Å². The van der Waals surface area contributed by atoms with Crippen LogP contribution in [0.2, 0.25) is 0 Å². The Labute approximate surface area is 362 Å². The predicted molar refractivity (Wildman–Crippen MR) is 254 cm³/mol. The van der Waals surface area contributed by atoms with E-state index in [0.29, 0.717) is 0 Å². The molecule has 0 saturated carbocycles. The van der Waals surface area contributed by atoms with Gasteiger partial charge >= 0.3 is 28.2 Å². The minimum absolute atomic E-state index is 0.251. The van der Waals surface area contributed by atoms with E-state index in [0.717, 1.165) is 11.5 Å². The molecule has 10 heterocycles. The van der Waals surface area contributed by atoms with Crippen LogP contribution in [0, 0.1) is 0 Å². The molecule has 0 bridgehead atoms. The first-order valence-corrected chi connectivity index (χ1v) is 26.1. The Hall–Kier alpha value is -2.74. The molecular formula is C42H15B5O2S8. The van der Waals surface area contributed by atoms with E-state index in [1.54, 1.807) is 0 Å². The topological polar surface area (TPSA) is 18.5 Å². The summed E-state index contributed by atoms with van der Waals surface area (Å²) in [6, 6.07) is 34.7. The lowest BCUT2D eigenvalue weighted by atomic mass is 9.58. The van der Waals surface area contributed by atoms with Gasteiger partial charge in [-0.2, -0.15) is 92.9 Å². The van der Waals surface area contributed by atoms with Crippen molar-refractivity contribution < 1.29 is 9.31 Å². The molecule has 17 rings (SSSR count). The van der Waals surface area contributed by atoms with Crippen LogP contribution in [0.4, 0.5) is 0 Å². The van der Waals surface area contributed by atoms with Gasteiger partial charge in [0.15, 0.2) is 0 Å². The summed E-state index contributed by atoms with van der Waals surface area (Å²) in [6.07, 6.45) is 0. The van der Waals surface area contributed by atoms with Crippen molar-refractivity contribution in [1.82, 2.24) is 0 Å². The van der Waals surface area contributed by atoms with Gasteiger partial charge in [0.05, 0.1) is 0 Å². The van der Waals surface area contributed by atoms with Crippen LogP contribution in [0.5, 0.6) is 11.5 Å². The van der Waals surface area contributed by atoms with Crippen molar-refractivity contribution in [3.8, 4) is 78.3 Å². The molecule has 0 saturated heterocycles. The van der Waals surface area contributed by atoms with E-state index in [1.165, 1.54) is 133 Å². The zero-order valence-electron chi connectivity index (χ0n) is 29.1. The number of rotatable bonds is 0. The highest BCUT2D eigenvalue weighted by molar-refractivity contribution is 8.58. The molecule has 15 heteroatoms. The Morgan fingerprint density at radius 2 is 0.667 bits per heavy atom. The number of benzene rings is 7. The highest BCUT2D eigenvalue weighted by atomic mass is 32.2. The van der Waals surface area contributed by atoms with Crippen LogP contribution in [0.25, 0.3) is 66.8 Å². The van der Waals surface area contributed by atoms with Gasteiger partial charge in [-0.3, -0.25) is 0 Å². The quantitative estimate of drug-likeness (QED) is 0.137. The lowest BCUT2D eigenvalue weighted by molar-refractivity contribution is 0.438. The lowest BCUT2D eigenvalue weighted by Gasteiger charge is -2.47. The molecular weight excluding hydrogens is 847 g/mol. The monoisotopic (exact) mass is 862 g/mol. The molecule has 2 nitrogen and oxygen atoms in total. The van der Waals surface area contributed by atoms with Crippen LogP contribution in [0.3, 0.4) is 0 Å². The molecule has 0 fully saturated rings. The molecule has 258 valence electrons. The number of hydrogen-bond donors (Lipinski definition) is 0. The van der Waals surface area contributed by atoms with Gasteiger partial charge in [0, 0.05) is 89.1 Å². The van der Waals surface area contributed by atoms with Crippen LogP contribution in [0.15, 0.2) is 130 Å². The van der Waals surface area contributed by atoms with Crippen molar-refractivity contribution in [3.63, 3.8) is 0 Å². The van der Waals surface area contributed by atoms with Gasteiger partial charge in [0.2, 0.25) is 0 Å². The smallest absolute Gasteiger partial charge is 0.521 e. The molecule has 0 aliphatic carbocycles. The Kier molecular flexibility index (Phi) is 5.69. The van der Waals surface area contributed by atoms with E-state index in [1.807, 2.05) is 69.7 Å². The standard InChI is InChI=1S/C42H15B5O2S8/c1-3-9-18-16(7-1)26-37-32-28-20(52-44(37)50-18)11-5-13-22(28)54-46-39(32)34-30-24(56-46)15-25-31-35-40-33-29-21(12-6-14-23(29)55-47(40)57-25)53-45-38(33)27(17-8-2-4-10-19(17)51-45)42(35)49-43(36(30)31)48-41(26)34/h1-15H. The Balaban J connectivity index is 1.04. The maximum Gasteiger partial charge on any atom is 0.634 e. The maximum absolute atomic E-state index is 7.66. The minimum atomic E-state index is -0.544. The van der Waals surface area contributed by atoms with Crippen LogP contribution >= 0.6 is 92.9 Å². The zero-order valence-corrected chi connectivity index (χ0v) is 35.7. The zero-order chi connectivity index (χ0) is 36.2. The summed E-state index contributed by atoms with van der Waals surface area (Å²) in [4.78, 5) is 11.1. The van der Waals surface area contributed by atoms with Gasteiger partial charge in [0.1, 0.15) is 11.5 Å². The second kappa shape index (κ2) is 10.4. The SMILES string of the molecule is c1ccc2c(c1)SB1Sc3cccc4c3-c3c1c-2c1c2c3B(S4)Sc3cc4c5c(c3-2)B(O1)Oc1c2c3c6c(c1-5)B(Sc1cccc(c1-6)SB3Sc1ccccc1-2)S4. The molecule has 10 aliphatic rings. The lowest BCUT2D eigenvalue weighted by Crippen LogP contribution is -2.56. The summed E-state index contributed by atoms with van der Waals surface area (Å²) < 4.78 is 15.3. The third-order valence-electron chi connectivity index (χ3n) is 13.1. The fourth-order valence-electron chi connectivity index (χ4n) is 11.2. The molecule has 0 spiro atoms. The molecule has 0 aromatic heterocycles. The van der Waals surface area contributed by atoms with Crippen molar-refractivity contribution in [2.45, 2.75) is 39.2 Å². The van der Waals surface area contributed by atoms with Crippen LogP contribution in [-0.2, 0) is 0 Å². The van der Waals surface area contributed by atoms with Crippen molar-refractivity contribution >= 4 is 148 Å². The fraction of sp³-hybridized carbons (Fsp3) is 0. The average Bonchev–Trinajstić information content (AvgIpc) is 3.24. The number of fused-ring (bicyclic) bond motifs is 6. The summed E-state index contributed by atoms with van der Waals surface area (Å²) in [7, 11) is -0.544. The van der Waals surface area contributed by atoms with E-state index in [2.05, 4.69) is 114 Å². The molecule has 10 aliphatic heterocycles. The first-order valence-electron chi connectivity index (χ1n) is 19.1. The van der Waals surface area contributed by atoms with Crippen molar-refractivity contribution in [3.05, 3.63) is 91.0 Å². The first kappa shape index (κ1) is 31.2. The minimum Gasteiger partial charge on any atom is -0.521 e. The van der Waals surface area contributed by atoms with Crippen LogP contribution in [0.1, 0.15) is 0 Å². The molecule has 0 unspecified atom stereocenters. The second-order valence-corrected chi connectivity index (χ2v) is 26.1. The molecule has 0 N–H and O–H groups in total. The summed E-state index contributed by atoms with van der Waals surface area (Å²) in [5.41, 5.74) is 23.5. The molecule has 7 aromatic carbocycles. The van der Waals surface area contributed by atoms with Crippen molar-refractivity contribution in [2.24, 2.45) is 0 Å². The van der Waals surface area contributed by atoms with Gasteiger partial charge in [-0.1, -0.05) is 48.5 Å². The molecule has 0 atom stereocenters. The van der Waals surface area contributed by atoms with E-state index >= 15 is 0 Å². The summed E-state index contributed by atoms with van der Waals surface area (Å²) in [6.45, 7) is 0. The normalized spacial score (nSPS) is 17.7. The molecule has 57 heavy (non-hydrogen) atoms. The third-order valence-corrected chi connectivity index (χ3v) is 23.8. The predicted octanol–water partition coefficient (Wildman–Crippen LogP) is 9.79. The summed E-state index contributed by atoms with van der Waals surface area (Å²) >= 11 is 16.3. The fourth-order valence-corrected chi connectivity index (χ4v) is 23.2.